The van der Waals surface area contributed by atoms with E-state index in [1.807, 2.05) is 32.0 Å². The molecule has 4 heteroatoms. The van der Waals surface area contributed by atoms with Crippen molar-refractivity contribution in [3.8, 4) is 0 Å². The Kier molecular flexibility index (Phi) is 3.42. The van der Waals surface area contributed by atoms with Gasteiger partial charge in [-0.3, -0.25) is 0 Å². The number of anilines is 3. The van der Waals surface area contributed by atoms with E-state index in [9.17, 15) is 4.79 Å². The third-order valence-corrected chi connectivity index (χ3v) is 2.96. The van der Waals surface area contributed by atoms with Gasteiger partial charge in [0.15, 0.2) is 0 Å². The van der Waals surface area contributed by atoms with Crippen molar-refractivity contribution in [2.45, 2.75) is 13.8 Å². The minimum absolute atomic E-state index is 0.210. The first-order valence-corrected chi connectivity index (χ1v) is 5.94. The van der Waals surface area contributed by atoms with Crippen molar-refractivity contribution in [3.05, 3.63) is 53.1 Å². The van der Waals surface area contributed by atoms with Gasteiger partial charge in [-0.15, -0.1) is 0 Å². The molecule has 4 nitrogen and oxygen atoms in total. The van der Waals surface area contributed by atoms with Gasteiger partial charge in [0.1, 0.15) is 0 Å². The molecule has 19 heavy (non-hydrogen) atoms. The quantitative estimate of drug-likeness (QED) is 0.736. The summed E-state index contributed by atoms with van der Waals surface area (Å²) in [7, 11) is 0. The first-order valence-electron chi connectivity index (χ1n) is 5.94. The van der Waals surface area contributed by atoms with E-state index < -0.39 is 5.97 Å². The maximum Gasteiger partial charge on any atom is 0.335 e. The molecule has 0 spiro atoms. The minimum atomic E-state index is -0.969. The van der Waals surface area contributed by atoms with Gasteiger partial charge in [-0.1, -0.05) is 12.1 Å². The van der Waals surface area contributed by atoms with Gasteiger partial charge in [0.2, 0.25) is 0 Å². The lowest BCUT2D eigenvalue weighted by Gasteiger charge is -2.13. The van der Waals surface area contributed by atoms with E-state index in [-0.39, 0.29) is 5.56 Å². The standard InChI is InChI=1S/C15H16N2O2/c1-9-3-4-10(2)13(7-9)17-14-8-11(15(18)19)5-6-12(14)16/h3-8,17H,16H2,1-2H3,(H,18,19). The maximum atomic E-state index is 11.0. The number of hydrogen-bond acceptors (Lipinski definition) is 3. The number of aryl methyl sites for hydroxylation is 2. The zero-order valence-electron chi connectivity index (χ0n) is 10.9. The summed E-state index contributed by atoms with van der Waals surface area (Å²) in [5.74, 6) is -0.969. The molecule has 0 radical (unpaired) electrons. The van der Waals surface area contributed by atoms with Crippen LogP contribution in [0, 0.1) is 13.8 Å². The van der Waals surface area contributed by atoms with Crippen LogP contribution in [0.2, 0.25) is 0 Å². The molecule has 0 unspecified atom stereocenters. The van der Waals surface area contributed by atoms with Gasteiger partial charge in [0, 0.05) is 5.69 Å². The predicted molar refractivity (Wildman–Crippen MR) is 77.0 cm³/mol. The number of hydrogen-bond donors (Lipinski definition) is 3. The fourth-order valence-electron chi connectivity index (χ4n) is 1.81. The molecule has 0 atom stereocenters. The molecule has 2 aromatic rings. The van der Waals surface area contributed by atoms with Crippen LogP contribution < -0.4 is 11.1 Å². The van der Waals surface area contributed by atoms with Crippen molar-refractivity contribution in [1.29, 1.82) is 0 Å². The van der Waals surface area contributed by atoms with Gasteiger partial charge in [0.25, 0.3) is 0 Å². The summed E-state index contributed by atoms with van der Waals surface area (Å²) in [5.41, 5.74) is 10.3. The normalized spacial score (nSPS) is 10.2. The van der Waals surface area contributed by atoms with E-state index in [2.05, 4.69) is 5.32 Å². The van der Waals surface area contributed by atoms with Gasteiger partial charge >= 0.3 is 5.97 Å². The highest BCUT2D eigenvalue weighted by molar-refractivity contribution is 5.91. The monoisotopic (exact) mass is 256 g/mol. The number of carboxylic acids is 1. The fraction of sp³-hybridized carbons (Fsp3) is 0.133. The van der Waals surface area contributed by atoms with Gasteiger partial charge in [-0.2, -0.15) is 0 Å². The first kappa shape index (κ1) is 13.0. The second kappa shape index (κ2) is 5.02. The third-order valence-electron chi connectivity index (χ3n) is 2.96. The summed E-state index contributed by atoms with van der Waals surface area (Å²) < 4.78 is 0. The van der Waals surface area contributed by atoms with Crippen LogP contribution in [0.3, 0.4) is 0 Å². The smallest absolute Gasteiger partial charge is 0.335 e. The number of carboxylic acid groups (broad SMARTS) is 1. The van der Waals surface area contributed by atoms with Gasteiger partial charge < -0.3 is 16.2 Å². The van der Waals surface area contributed by atoms with Crippen LogP contribution in [-0.2, 0) is 0 Å². The van der Waals surface area contributed by atoms with Crippen molar-refractivity contribution >= 4 is 23.0 Å². The summed E-state index contributed by atoms with van der Waals surface area (Å²) in [4.78, 5) is 11.0. The molecule has 0 fully saturated rings. The summed E-state index contributed by atoms with van der Waals surface area (Å²) >= 11 is 0. The number of rotatable bonds is 3. The van der Waals surface area contributed by atoms with Gasteiger partial charge in [-0.25, -0.2) is 4.79 Å². The van der Waals surface area contributed by atoms with Gasteiger partial charge in [-0.05, 0) is 49.2 Å². The molecule has 98 valence electrons. The highest BCUT2D eigenvalue weighted by Gasteiger charge is 2.08. The van der Waals surface area contributed by atoms with Crippen LogP contribution in [0.4, 0.5) is 17.1 Å². The van der Waals surface area contributed by atoms with Crippen LogP contribution in [0.5, 0.6) is 0 Å². The Hall–Kier alpha value is -2.49. The van der Waals surface area contributed by atoms with E-state index in [1.165, 1.54) is 6.07 Å². The Morgan fingerprint density at radius 2 is 1.84 bits per heavy atom. The average Bonchev–Trinajstić information content (AvgIpc) is 2.36. The average molecular weight is 256 g/mol. The number of carbonyl (C=O) groups is 1. The maximum absolute atomic E-state index is 11.0. The molecule has 0 aliphatic rings. The van der Waals surface area contributed by atoms with Crippen molar-refractivity contribution < 1.29 is 9.90 Å². The zero-order chi connectivity index (χ0) is 14.0. The molecule has 0 aromatic heterocycles. The molecule has 0 bridgehead atoms. The lowest BCUT2D eigenvalue weighted by atomic mass is 10.1. The van der Waals surface area contributed by atoms with E-state index >= 15 is 0 Å². The number of aromatic carboxylic acids is 1. The van der Waals surface area contributed by atoms with Crippen LogP contribution >= 0.6 is 0 Å². The molecule has 0 amide bonds. The summed E-state index contributed by atoms with van der Waals surface area (Å²) in [6.45, 7) is 3.99. The second-order valence-corrected chi connectivity index (χ2v) is 4.55. The second-order valence-electron chi connectivity index (χ2n) is 4.55. The molecule has 0 aliphatic carbocycles. The van der Waals surface area contributed by atoms with Crippen LogP contribution in [-0.4, -0.2) is 11.1 Å². The number of nitrogen functional groups attached to an aromatic ring is 1. The molecule has 0 aliphatic heterocycles. The molecule has 2 aromatic carbocycles. The minimum Gasteiger partial charge on any atom is -0.478 e. The number of benzene rings is 2. The van der Waals surface area contributed by atoms with Crippen molar-refractivity contribution in [3.63, 3.8) is 0 Å². The van der Waals surface area contributed by atoms with E-state index in [1.54, 1.807) is 12.1 Å². The van der Waals surface area contributed by atoms with Crippen molar-refractivity contribution in [1.82, 2.24) is 0 Å². The van der Waals surface area contributed by atoms with Gasteiger partial charge in [0.05, 0.1) is 16.9 Å². The van der Waals surface area contributed by atoms with Crippen molar-refractivity contribution in [2.75, 3.05) is 11.1 Å². The summed E-state index contributed by atoms with van der Waals surface area (Å²) in [6, 6.07) is 10.7. The Morgan fingerprint density at radius 1 is 1.11 bits per heavy atom. The number of nitrogens with two attached hydrogens (primary N) is 1. The summed E-state index contributed by atoms with van der Waals surface area (Å²) in [6.07, 6.45) is 0. The lowest BCUT2D eigenvalue weighted by Crippen LogP contribution is -2.02. The Labute approximate surface area is 111 Å². The molecule has 0 heterocycles. The Morgan fingerprint density at radius 3 is 2.53 bits per heavy atom. The van der Waals surface area contributed by atoms with Crippen molar-refractivity contribution in [2.24, 2.45) is 0 Å². The zero-order valence-corrected chi connectivity index (χ0v) is 10.9. The molecule has 0 saturated carbocycles. The SMILES string of the molecule is Cc1ccc(C)c(Nc2cc(C(=O)O)ccc2N)c1. The topological polar surface area (TPSA) is 75.3 Å². The predicted octanol–water partition coefficient (Wildman–Crippen LogP) is 3.33. The highest BCUT2D eigenvalue weighted by atomic mass is 16.4. The lowest BCUT2D eigenvalue weighted by molar-refractivity contribution is 0.0697. The summed E-state index contributed by atoms with van der Waals surface area (Å²) in [5, 5.41) is 12.2. The molecule has 0 saturated heterocycles. The van der Waals surface area contributed by atoms with E-state index in [0.717, 1.165) is 16.8 Å². The largest absolute Gasteiger partial charge is 0.478 e. The van der Waals surface area contributed by atoms with E-state index in [0.29, 0.717) is 11.4 Å². The van der Waals surface area contributed by atoms with E-state index in [4.69, 9.17) is 10.8 Å². The Balaban J connectivity index is 2.40. The first-order chi connectivity index (χ1) is 8.97. The Bertz CT molecular complexity index is 636. The molecule has 2 rings (SSSR count). The third kappa shape index (κ3) is 2.85. The van der Waals surface area contributed by atoms with Crippen LogP contribution in [0.15, 0.2) is 36.4 Å². The fourth-order valence-corrected chi connectivity index (χ4v) is 1.81. The molecule has 4 N–H and O–H groups in total. The van der Waals surface area contributed by atoms with Crippen LogP contribution in [0.25, 0.3) is 0 Å². The van der Waals surface area contributed by atoms with Crippen LogP contribution in [0.1, 0.15) is 21.5 Å². The highest BCUT2D eigenvalue weighted by Crippen LogP contribution is 2.27. The number of nitrogens with one attached hydrogen (secondary N) is 1. The molecular weight excluding hydrogens is 240 g/mol. The molecular formula is C15H16N2O2.